The van der Waals surface area contributed by atoms with Crippen LogP contribution in [0.2, 0.25) is 0 Å². The average molecular weight is 206 g/mol. The predicted octanol–water partition coefficient (Wildman–Crippen LogP) is 3.14. The van der Waals surface area contributed by atoms with Gasteiger partial charge >= 0.3 is 0 Å². The van der Waals surface area contributed by atoms with E-state index in [1.165, 1.54) is 30.4 Å². The molecule has 0 radical (unpaired) electrons. The van der Waals surface area contributed by atoms with E-state index in [2.05, 4.69) is 19.1 Å². The molecule has 0 saturated heterocycles. The van der Waals surface area contributed by atoms with Gasteiger partial charge in [0.1, 0.15) is 0 Å². The van der Waals surface area contributed by atoms with E-state index in [0.29, 0.717) is 0 Å². The third-order valence-corrected chi connectivity index (χ3v) is 3.19. The Labute approximate surface area is 91.2 Å². The highest BCUT2D eigenvalue weighted by molar-refractivity contribution is 5.53. The Hall–Kier alpha value is -1.18. The molecule has 2 nitrogen and oxygen atoms in total. The molecule has 0 heterocycles. The van der Waals surface area contributed by atoms with E-state index in [1.54, 1.807) is 14.2 Å². The van der Waals surface area contributed by atoms with Gasteiger partial charge in [0.25, 0.3) is 0 Å². The third-order valence-electron chi connectivity index (χ3n) is 3.19. The van der Waals surface area contributed by atoms with Gasteiger partial charge in [-0.3, -0.25) is 0 Å². The van der Waals surface area contributed by atoms with Crippen LogP contribution in [0.5, 0.6) is 11.5 Å². The summed E-state index contributed by atoms with van der Waals surface area (Å²) in [6.07, 6.45) is 3.73. The van der Waals surface area contributed by atoms with E-state index >= 15 is 0 Å². The lowest BCUT2D eigenvalue weighted by molar-refractivity contribution is 0.351. The van der Waals surface area contributed by atoms with Crippen LogP contribution in [0.3, 0.4) is 0 Å². The number of hydrogen-bond acceptors (Lipinski definition) is 2. The first kappa shape index (κ1) is 10.3. The summed E-state index contributed by atoms with van der Waals surface area (Å²) < 4.78 is 10.6. The zero-order chi connectivity index (χ0) is 10.8. The number of fused-ring (bicyclic) bond motifs is 1. The fourth-order valence-corrected chi connectivity index (χ4v) is 2.34. The highest BCUT2D eigenvalue weighted by atomic mass is 16.5. The summed E-state index contributed by atoms with van der Waals surface area (Å²) in [5.41, 5.74) is 2.88. The fraction of sp³-hybridized carbons (Fsp3) is 0.538. The summed E-state index contributed by atoms with van der Waals surface area (Å²) >= 11 is 0. The van der Waals surface area contributed by atoms with Crippen molar-refractivity contribution in [1.82, 2.24) is 0 Å². The van der Waals surface area contributed by atoms with Crippen molar-refractivity contribution in [3.05, 3.63) is 23.3 Å². The molecule has 0 aliphatic heterocycles. The Bertz CT molecular complexity index is 358. The second kappa shape index (κ2) is 4.13. The molecule has 0 unspecified atom stereocenters. The first-order chi connectivity index (χ1) is 7.30. The molecule has 0 N–H and O–H groups in total. The van der Waals surface area contributed by atoms with Crippen molar-refractivity contribution in [2.24, 2.45) is 0 Å². The molecule has 0 aromatic heterocycles. The van der Waals surface area contributed by atoms with Crippen LogP contribution in [0.4, 0.5) is 0 Å². The molecule has 2 rings (SSSR count). The quantitative estimate of drug-likeness (QED) is 0.753. The van der Waals surface area contributed by atoms with Crippen molar-refractivity contribution in [3.63, 3.8) is 0 Å². The molecule has 1 aliphatic rings. The van der Waals surface area contributed by atoms with Crippen molar-refractivity contribution in [1.29, 1.82) is 0 Å². The van der Waals surface area contributed by atoms with E-state index in [9.17, 15) is 0 Å². The smallest absolute Gasteiger partial charge is 0.161 e. The third kappa shape index (κ3) is 1.69. The van der Waals surface area contributed by atoms with Crippen molar-refractivity contribution in [2.75, 3.05) is 14.2 Å². The van der Waals surface area contributed by atoms with E-state index in [4.69, 9.17) is 9.47 Å². The van der Waals surface area contributed by atoms with Crippen molar-refractivity contribution >= 4 is 0 Å². The van der Waals surface area contributed by atoms with Crippen molar-refractivity contribution < 1.29 is 9.47 Å². The first-order valence-electron chi connectivity index (χ1n) is 5.55. The number of rotatable bonds is 4. The minimum Gasteiger partial charge on any atom is -0.493 e. The number of ether oxygens (including phenoxy) is 2. The lowest BCUT2D eigenvalue weighted by atomic mass is 9.75. The summed E-state index contributed by atoms with van der Waals surface area (Å²) in [6.45, 7) is 2.23. The Kier molecular flexibility index (Phi) is 2.85. The van der Waals surface area contributed by atoms with Gasteiger partial charge in [0.2, 0.25) is 0 Å². The topological polar surface area (TPSA) is 18.5 Å². The normalized spacial score (nSPS) is 17.9. The summed E-state index contributed by atoms with van der Waals surface area (Å²) in [7, 11) is 3.38. The van der Waals surface area contributed by atoms with Crippen LogP contribution in [0, 0.1) is 0 Å². The zero-order valence-electron chi connectivity index (χ0n) is 9.67. The van der Waals surface area contributed by atoms with Gasteiger partial charge in [0.15, 0.2) is 11.5 Å². The van der Waals surface area contributed by atoms with Gasteiger partial charge in [0.05, 0.1) is 14.2 Å². The largest absolute Gasteiger partial charge is 0.493 e. The highest BCUT2D eigenvalue weighted by Gasteiger charge is 2.27. The van der Waals surface area contributed by atoms with E-state index in [-0.39, 0.29) is 0 Å². The minimum absolute atomic E-state index is 0.741. The monoisotopic (exact) mass is 206 g/mol. The Morgan fingerprint density at radius 1 is 1.20 bits per heavy atom. The number of hydrogen-bond donors (Lipinski definition) is 0. The second-order valence-corrected chi connectivity index (χ2v) is 4.10. The molecule has 0 bridgehead atoms. The van der Waals surface area contributed by atoms with Crippen LogP contribution in [0.25, 0.3) is 0 Å². The number of methoxy groups -OCH3 is 2. The maximum atomic E-state index is 5.31. The maximum Gasteiger partial charge on any atom is 0.161 e. The molecule has 1 aromatic rings. The van der Waals surface area contributed by atoms with E-state index < -0.39 is 0 Å². The van der Waals surface area contributed by atoms with Gasteiger partial charge in [-0.05, 0) is 42.0 Å². The predicted molar refractivity (Wildman–Crippen MR) is 60.9 cm³/mol. The molecule has 82 valence electrons. The van der Waals surface area contributed by atoms with Crippen LogP contribution >= 0.6 is 0 Å². The van der Waals surface area contributed by atoms with Crippen molar-refractivity contribution in [3.8, 4) is 11.5 Å². The molecule has 2 heteroatoms. The van der Waals surface area contributed by atoms with Crippen LogP contribution in [-0.4, -0.2) is 14.2 Å². The van der Waals surface area contributed by atoms with Gasteiger partial charge < -0.3 is 9.47 Å². The lowest BCUT2D eigenvalue weighted by Gasteiger charge is -2.31. The molecular weight excluding hydrogens is 188 g/mol. The standard InChI is InChI=1S/C13H18O2/c1-4-5-9-6-10-7-12(14-2)13(15-3)8-11(9)10/h7-9H,4-6H2,1-3H3/t9-/m0/s1. The average Bonchev–Trinajstić information content (AvgIpc) is 2.25. The molecule has 0 fully saturated rings. The Balaban J connectivity index is 2.28. The molecule has 1 atom stereocenters. The summed E-state index contributed by atoms with van der Waals surface area (Å²) in [6, 6.07) is 4.25. The summed E-state index contributed by atoms with van der Waals surface area (Å²) in [4.78, 5) is 0. The van der Waals surface area contributed by atoms with E-state index in [1.807, 2.05) is 0 Å². The lowest BCUT2D eigenvalue weighted by Crippen LogP contribution is -2.17. The Morgan fingerprint density at radius 2 is 1.87 bits per heavy atom. The molecule has 0 amide bonds. The van der Waals surface area contributed by atoms with Crippen LogP contribution in [0.1, 0.15) is 36.8 Å². The number of benzene rings is 1. The van der Waals surface area contributed by atoms with Gasteiger partial charge in [-0.25, -0.2) is 0 Å². The molecule has 0 saturated carbocycles. The molecular formula is C13H18O2. The minimum atomic E-state index is 0.741. The van der Waals surface area contributed by atoms with Crippen molar-refractivity contribution in [2.45, 2.75) is 32.1 Å². The fourth-order valence-electron chi connectivity index (χ4n) is 2.34. The maximum absolute atomic E-state index is 5.31. The summed E-state index contributed by atoms with van der Waals surface area (Å²) in [5, 5.41) is 0. The molecule has 15 heavy (non-hydrogen) atoms. The zero-order valence-corrected chi connectivity index (χ0v) is 9.67. The second-order valence-electron chi connectivity index (χ2n) is 4.10. The highest BCUT2D eigenvalue weighted by Crippen LogP contribution is 2.44. The van der Waals surface area contributed by atoms with Gasteiger partial charge in [-0.15, -0.1) is 0 Å². The molecule has 1 aromatic carbocycles. The molecule has 1 aliphatic carbocycles. The van der Waals surface area contributed by atoms with Gasteiger partial charge in [-0.2, -0.15) is 0 Å². The first-order valence-corrected chi connectivity index (χ1v) is 5.55. The molecule has 0 spiro atoms. The SMILES string of the molecule is CCC[C@H]1Cc2cc(OC)c(OC)cc21. The summed E-state index contributed by atoms with van der Waals surface area (Å²) in [5.74, 6) is 2.45. The Morgan fingerprint density at radius 3 is 2.47 bits per heavy atom. The van der Waals surface area contributed by atoms with Crippen LogP contribution in [-0.2, 0) is 6.42 Å². The van der Waals surface area contributed by atoms with Crippen LogP contribution in [0.15, 0.2) is 12.1 Å². The van der Waals surface area contributed by atoms with Gasteiger partial charge in [0, 0.05) is 0 Å². The van der Waals surface area contributed by atoms with Gasteiger partial charge in [-0.1, -0.05) is 13.3 Å². The van der Waals surface area contributed by atoms with Crippen LogP contribution < -0.4 is 9.47 Å². The van der Waals surface area contributed by atoms with E-state index in [0.717, 1.165) is 17.4 Å².